The van der Waals surface area contributed by atoms with Crippen LogP contribution in [0.2, 0.25) is 0 Å². The van der Waals surface area contributed by atoms with E-state index >= 15 is 0 Å². The van der Waals surface area contributed by atoms with Crippen LogP contribution in [0.5, 0.6) is 0 Å². The summed E-state index contributed by atoms with van der Waals surface area (Å²) in [5.74, 6) is 0.201. The Labute approximate surface area is 133 Å². The van der Waals surface area contributed by atoms with Crippen LogP contribution in [-0.4, -0.2) is 34.6 Å². The number of carbonyl (C=O) groups is 1. The molecule has 0 bridgehead atoms. The van der Waals surface area contributed by atoms with Gasteiger partial charge < -0.3 is 10.0 Å². The van der Waals surface area contributed by atoms with Crippen molar-refractivity contribution in [2.75, 3.05) is 13.1 Å². The minimum Gasteiger partial charge on any atom is -0.388 e. The molecule has 1 aromatic carbocycles. The summed E-state index contributed by atoms with van der Waals surface area (Å²) in [4.78, 5) is 14.3. The van der Waals surface area contributed by atoms with E-state index in [2.05, 4.69) is 31.2 Å². The molecule has 1 aromatic rings. The number of hydrogen-bond donors (Lipinski definition) is 1. The molecule has 120 valence electrons. The van der Waals surface area contributed by atoms with Crippen LogP contribution >= 0.6 is 0 Å². The van der Waals surface area contributed by atoms with Gasteiger partial charge in [-0.2, -0.15) is 0 Å². The molecule has 1 heterocycles. The summed E-state index contributed by atoms with van der Waals surface area (Å²) in [5.41, 5.74) is 0.631. The van der Waals surface area contributed by atoms with E-state index in [0.29, 0.717) is 13.0 Å². The Morgan fingerprint density at radius 2 is 1.77 bits per heavy atom. The number of amides is 1. The largest absolute Gasteiger partial charge is 0.388 e. The number of β-amino-alcohol motifs (C(OH)–C–C–N with tert-alkyl or cyclic N) is 1. The van der Waals surface area contributed by atoms with Crippen LogP contribution in [0.15, 0.2) is 30.3 Å². The van der Waals surface area contributed by atoms with Gasteiger partial charge in [0.25, 0.3) is 0 Å². The quantitative estimate of drug-likeness (QED) is 0.931. The first-order valence-corrected chi connectivity index (χ1v) is 8.57. The van der Waals surface area contributed by atoms with Gasteiger partial charge in [-0.3, -0.25) is 4.79 Å². The Balaban J connectivity index is 1.75. The molecule has 0 spiro atoms. The van der Waals surface area contributed by atoms with E-state index in [-0.39, 0.29) is 11.3 Å². The van der Waals surface area contributed by atoms with E-state index in [1.54, 1.807) is 0 Å². The van der Waals surface area contributed by atoms with Gasteiger partial charge in [0.2, 0.25) is 5.91 Å². The van der Waals surface area contributed by atoms with Gasteiger partial charge in [-0.05, 0) is 24.8 Å². The third kappa shape index (κ3) is 3.19. The standard InChI is InChI=1S/C19H27NO2/c1-18(16-8-4-2-5-9-16)13-10-17(21)20(14-18)15-19(22)11-6-3-7-12-19/h2,4-5,8-9,22H,3,6-7,10-15H2,1H3/t18-/m0/s1. The fourth-order valence-corrected chi connectivity index (χ4v) is 4.07. The molecule has 1 N–H and O–H groups in total. The number of aliphatic hydroxyl groups is 1. The number of hydrogen-bond acceptors (Lipinski definition) is 2. The number of rotatable bonds is 3. The zero-order chi connectivity index (χ0) is 15.6. The number of carbonyl (C=O) groups excluding carboxylic acids is 1. The Hall–Kier alpha value is -1.35. The fraction of sp³-hybridized carbons (Fsp3) is 0.632. The fourth-order valence-electron chi connectivity index (χ4n) is 4.07. The van der Waals surface area contributed by atoms with Crippen LogP contribution in [0.1, 0.15) is 57.4 Å². The molecule has 22 heavy (non-hydrogen) atoms. The molecule has 2 aliphatic rings. The van der Waals surface area contributed by atoms with Crippen LogP contribution in [0.4, 0.5) is 0 Å². The van der Waals surface area contributed by atoms with Crippen LogP contribution in [0.25, 0.3) is 0 Å². The molecule has 1 amide bonds. The molecule has 1 aliphatic heterocycles. The lowest BCUT2D eigenvalue weighted by molar-refractivity contribution is -0.140. The van der Waals surface area contributed by atoms with Crippen LogP contribution in [-0.2, 0) is 10.2 Å². The lowest BCUT2D eigenvalue weighted by Crippen LogP contribution is -2.53. The first kappa shape index (κ1) is 15.5. The van der Waals surface area contributed by atoms with Crippen molar-refractivity contribution in [1.82, 2.24) is 4.90 Å². The summed E-state index contributed by atoms with van der Waals surface area (Å²) < 4.78 is 0. The maximum Gasteiger partial charge on any atom is 0.222 e. The van der Waals surface area contributed by atoms with Crippen molar-refractivity contribution in [3.63, 3.8) is 0 Å². The highest BCUT2D eigenvalue weighted by molar-refractivity contribution is 5.77. The molecule has 1 aliphatic carbocycles. The molecule has 3 heteroatoms. The first-order valence-electron chi connectivity index (χ1n) is 8.57. The number of piperidine rings is 1. The first-order chi connectivity index (χ1) is 10.5. The highest BCUT2D eigenvalue weighted by Gasteiger charge is 2.40. The van der Waals surface area contributed by atoms with E-state index in [9.17, 15) is 9.90 Å². The maximum absolute atomic E-state index is 12.3. The Morgan fingerprint density at radius 3 is 2.45 bits per heavy atom. The normalized spacial score (nSPS) is 28.6. The van der Waals surface area contributed by atoms with Crippen LogP contribution in [0.3, 0.4) is 0 Å². The highest BCUT2D eigenvalue weighted by atomic mass is 16.3. The van der Waals surface area contributed by atoms with Gasteiger partial charge in [-0.25, -0.2) is 0 Å². The predicted molar refractivity (Wildman–Crippen MR) is 87.6 cm³/mol. The van der Waals surface area contributed by atoms with Gasteiger partial charge in [-0.15, -0.1) is 0 Å². The van der Waals surface area contributed by atoms with Crippen molar-refractivity contribution in [3.8, 4) is 0 Å². The van der Waals surface area contributed by atoms with E-state index in [1.165, 1.54) is 12.0 Å². The van der Waals surface area contributed by atoms with Gasteiger partial charge >= 0.3 is 0 Å². The van der Waals surface area contributed by atoms with Gasteiger partial charge in [0.1, 0.15) is 0 Å². The second-order valence-electron chi connectivity index (χ2n) is 7.46. The zero-order valence-corrected chi connectivity index (χ0v) is 13.6. The van der Waals surface area contributed by atoms with E-state index in [0.717, 1.165) is 38.6 Å². The molecule has 1 saturated carbocycles. The minimum absolute atomic E-state index is 0.000195. The molecular formula is C19H27NO2. The summed E-state index contributed by atoms with van der Waals surface area (Å²) in [5, 5.41) is 10.8. The van der Waals surface area contributed by atoms with E-state index in [4.69, 9.17) is 0 Å². The van der Waals surface area contributed by atoms with Gasteiger partial charge in [0.15, 0.2) is 0 Å². The molecule has 1 saturated heterocycles. The van der Waals surface area contributed by atoms with Crippen molar-refractivity contribution >= 4 is 5.91 Å². The summed E-state index contributed by atoms with van der Waals surface area (Å²) in [6, 6.07) is 10.5. The molecule has 0 aromatic heterocycles. The lowest BCUT2D eigenvalue weighted by atomic mass is 9.75. The summed E-state index contributed by atoms with van der Waals surface area (Å²) >= 11 is 0. The summed E-state index contributed by atoms with van der Waals surface area (Å²) in [7, 11) is 0. The van der Waals surface area contributed by atoms with E-state index < -0.39 is 5.60 Å². The molecule has 3 rings (SSSR count). The number of likely N-dealkylation sites (tertiary alicyclic amines) is 1. The second kappa shape index (κ2) is 6.04. The van der Waals surface area contributed by atoms with Crippen LogP contribution in [0, 0.1) is 0 Å². The van der Waals surface area contributed by atoms with Gasteiger partial charge in [-0.1, -0.05) is 56.5 Å². The SMILES string of the molecule is C[C@]1(c2ccccc2)CCC(=O)N(CC2(O)CCCCC2)C1. The molecular weight excluding hydrogens is 274 g/mol. The Kier molecular flexibility index (Phi) is 4.26. The third-order valence-electron chi connectivity index (χ3n) is 5.52. The van der Waals surface area contributed by atoms with Crippen molar-refractivity contribution < 1.29 is 9.90 Å². The highest BCUT2D eigenvalue weighted by Crippen LogP contribution is 2.36. The molecule has 2 fully saturated rings. The molecule has 1 atom stereocenters. The van der Waals surface area contributed by atoms with Crippen molar-refractivity contribution in [2.24, 2.45) is 0 Å². The van der Waals surface area contributed by atoms with Crippen molar-refractivity contribution in [1.29, 1.82) is 0 Å². The topological polar surface area (TPSA) is 40.5 Å². The maximum atomic E-state index is 12.3. The van der Waals surface area contributed by atoms with Crippen LogP contribution < -0.4 is 0 Å². The number of benzene rings is 1. The molecule has 3 nitrogen and oxygen atoms in total. The average molecular weight is 301 g/mol. The van der Waals surface area contributed by atoms with Gasteiger partial charge in [0.05, 0.1) is 5.60 Å². The molecule has 0 radical (unpaired) electrons. The van der Waals surface area contributed by atoms with Crippen molar-refractivity contribution in [3.05, 3.63) is 35.9 Å². The van der Waals surface area contributed by atoms with Crippen molar-refractivity contribution in [2.45, 2.75) is 62.9 Å². The Morgan fingerprint density at radius 1 is 1.09 bits per heavy atom. The second-order valence-corrected chi connectivity index (χ2v) is 7.46. The third-order valence-corrected chi connectivity index (χ3v) is 5.52. The minimum atomic E-state index is -0.664. The lowest BCUT2D eigenvalue weighted by Gasteiger charge is -2.44. The number of nitrogens with zero attached hydrogens (tertiary/aromatic N) is 1. The average Bonchev–Trinajstić information content (AvgIpc) is 2.52. The monoisotopic (exact) mass is 301 g/mol. The zero-order valence-electron chi connectivity index (χ0n) is 13.6. The predicted octanol–water partition coefficient (Wildman–Crippen LogP) is 3.26. The van der Waals surface area contributed by atoms with Gasteiger partial charge in [0, 0.05) is 24.9 Å². The van der Waals surface area contributed by atoms with E-state index in [1.807, 2.05) is 11.0 Å². The summed E-state index contributed by atoms with van der Waals surface area (Å²) in [6.45, 7) is 3.47. The molecule has 0 unspecified atom stereocenters. The summed E-state index contributed by atoms with van der Waals surface area (Å²) in [6.07, 6.45) is 6.50. The smallest absolute Gasteiger partial charge is 0.222 e. The Bertz CT molecular complexity index is 521.